The summed E-state index contributed by atoms with van der Waals surface area (Å²) in [7, 11) is 1.81. The van der Waals surface area contributed by atoms with Gasteiger partial charge in [0.2, 0.25) is 0 Å². The third-order valence-corrected chi connectivity index (χ3v) is 3.09. The Morgan fingerprint density at radius 1 is 1.37 bits per heavy atom. The number of benzene rings is 1. The van der Waals surface area contributed by atoms with E-state index in [0.717, 1.165) is 5.69 Å². The van der Waals surface area contributed by atoms with Gasteiger partial charge >= 0.3 is 0 Å². The first-order valence-corrected chi connectivity index (χ1v) is 6.25. The van der Waals surface area contributed by atoms with Crippen LogP contribution in [-0.2, 0) is 7.05 Å². The molecule has 5 heteroatoms. The average Bonchev–Trinajstić information content (AvgIpc) is 2.62. The van der Waals surface area contributed by atoms with Crippen molar-refractivity contribution in [2.45, 2.75) is 26.7 Å². The molecule has 1 heterocycles. The molecule has 1 aromatic heterocycles. The number of nitrogens with two attached hydrogens (primary N) is 1. The Morgan fingerprint density at radius 3 is 2.58 bits per heavy atom. The van der Waals surface area contributed by atoms with Crippen LogP contribution in [0.2, 0.25) is 0 Å². The van der Waals surface area contributed by atoms with Crippen LogP contribution in [0.15, 0.2) is 18.2 Å². The Balaban J connectivity index is 2.35. The highest BCUT2D eigenvalue weighted by molar-refractivity contribution is 5.71. The standard InChI is InChI=1S/C14H19FN4/c1-8(2)13-12(16)14(19(4)18-13)17-10-6-5-9(3)11(15)7-10/h5-8,17H,16H2,1-4H3. The lowest BCUT2D eigenvalue weighted by atomic mass is 10.1. The highest BCUT2D eigenvalue weighted by Crippen LogP contribution is 2.30. The molecular weight excluding hydrogens is 243 g/mol. The zero-order valence-electron chi connectivity index (χ0n) is 11.7. The van der Waals surface area contributed by atoms with Crippen LogP contribution in [0.25, 0.3) is 0 Å². The van der Waals surface area contributed by atoms with Crippen LogP contribution in [0.5, 0.6) is 0 Å². The van der Waals surface area contributed by atoms with Crippen molar-refractivity contribution in [2.75, 3.05) is 11.1 Å². The van der Waals surface area contributed by atoms with E-state index in [2.05, 4.69) is 10.4 Å². The lowest BCUT2D eigenvalue weighted by Crippen LogP contribution is -2.01. The van der Waals surface area contributed by atoms with Crippen LogP contribution in [-0.4, -0.2) is 9.78 Å². The molecule has 0 aliphatic carbocycles. The van der Waals surface area contributed by atoms with E-state index in [0.29, 0.717) is 22.8 Å². The molecule has 0 amide bonds. The highest BCUT2D eigenvalue weighted by Gasteiger charge is 2.16. The molecule has 0 aliphatic rings. The number of hydrogen-bond acceptors (Lipinski definition) is 3. The molecule has 0 spiro atoms. The lowest BCUT2D eigenvalue weighted by molar-refractivity contribution is 0.619. The molecule has 102 valence electrons. The molecule has 0 fully saturated rings. The Kier molecular flexibility index (Phi) is 3.46. The second kappa shape index (κ2) is 4.91. The first-order chi connectivity index (χ1) is 8.90. The molecule has 2 rings (SSSR count). The van der Waals surface area contributed by atoms with Crippen LogP contribution < -0.4 is 11.1 Å². The van der Waals surface area contributed by atoms with Gasteiger partial charge in [0.25, 0.3) is 0 Å². The predicted octanol–water partition coefficient (Wildman–Crippen LogP) is 3.32. The normalized spacial score (nSPS) is 11.1. The molecular formula is C14H19FN4. The Hall–Kier alpha value is -2.04. The summed E-state index contributed by atoms with van der Waals surface area (Å²) in [6, 6.07) is 5.00. The van der Waals surface area contributed by atoms with E-state index in [4.69, 9.17) is 5.73 Å². The molecule has 2 aromatic rings. The molecule has 0 unspecified atom stereocenters. The van der Waals surface area contributed by atoms with Crippen LogP contribution in [0.1, 0.15) is 31.0 Å². The Morgan fingerprint density at radius 2 is 2.05 bits per heavy atom. The highest BCUT2D eigenvalue weighted by atomic mass is 19.1. The number of nitrogens with zero attached hydrogens (tertiary/aromatic N) is 2. The molecule has 0 saturated carbocycles. The monoisotopic (exact) mass is 262 g/mol. The number of hydrogen-bond donors (Lipinski definition) is 2. The van der Waals surface area contributed by atoms with Crippen molar-refractivity contribution in [2.24, 2.45) is 7.05 Å². The van der Waals surface area contributed by atoms with E-state index in [1.807, 2.05) is 27.0 Å². The maximum absolute atomic E-state index is 13.5. The second-order valence-corrected chi connectivity index (χ2v) is 5.01. The summed E-state index contributed by atoms with van der Waals surface area (Å²) < 4.78 is 15.2. The van der Waals surface area contributed by atoms with E-state index in [1.165, 1.54) is 6.07 Å². The van der Waals surface area contributed by atoms with Gasteiger partial charge < -0.3 is 11.1 Å². The minimum absolute atomic E-state index is 0.241. The van der Waals surface area contributed by atoms with E-state index >= 15 is 0 Å². The average molecular weight is 262 g/mol. The minimum Gasteiger partial charge on any atom is -0.394 e. The van der Waals surface area contributed by atoms with Crippen molar-refractivity contribution in [1.29, 1.82) is 0 Å². The third-order valence-electron chi connectivity index (χ3n) is 3.09. The molecule has 0 atom stereocenters. The number of anilines is 3. The fourth-order valence-electron chi connectivity index (χ4n) is 1.94. The topological polar surface area (TPSA) is 55.9 Å². The van der Waals surface area contributed by atoms with Gasteiger partial charge in [0.05, 0.1) is 11.4 Å². The Bertz CT molecular complexity index is 602. The summed E-state index contributed by atoms with van der Waals surface area (Å²) in [5.74, 6) is 0.693. The van der Waals surface area contributed by atoms with Gasteiger partial charge in [-0.2, -0.15) is 5.10 Å². The first-order valence-electron chi connectivity index (χ1n) is 6.25. The summed E-state index contributed by atoms with van der Waals surface area (Å²) in [6.07, 6.45) is 0. The van der Waals surface area contributed by atoms with Gasteiger partial charge in [-0.15, -0.1) is 0 Å². The summed E-state index contributed by atoms with van der Waals surface area (Å²) in [6.45, 7) is 5.80. The van der Waals surface area contributed by atoms with Crippen molar-refractivity contribution in [1.82, 2.24) is 9.78 Å². The van der Waals surface area contributed by atoms with Crippen molar-refractivity contribution >= 4 is 17.2 Å². The van der Waals surface area contributed by atoms with E-state index in [9.17, 15) is 4.39 Å². The lowest BCUT2D eigenvalue weighted by Gasteiger charge is -2.09. The smallest absolute Gasteiger partial charge is 0.152 e. The zero-order valence-corrected chi connectivity index (χ0v) is 11.7. The second-order valence-electron chi connectivity index (χ2n) is 5.01. The van der Waals surface area contributed by atoms with E-state index < -0.39 is 0 Å². The first kappa shape index (κ1) is 13.4. The van der Waals surface area contributed by atoms with Crippen LogP contribution in [0.4, 0.5) is 21.6 Å². The largest absolute Gasteiger partial charge is 0.394 e. The number of nitrogen functional groups attached to an aromatic ring is 1. The van der Waals surface area contributed by atoms with Gasteiger partial charge in [-0.1, -0.05) is 19.9 Å². The molecule has 0 saturated heterocycles. The zero-order chi connectivity index (χ0) is 14.2. The number of aryl methyl sites for hydroxylation is 2. The maximum atomic E-state index is 13.5. The van der Waals surface area contributed by atoms with Gasteiger partial charge in [0, 0.05) is 12.7 Å². The fraction of sp³-hybridized carbons (Fsp3) is 0.357. The van der Waals surface area contributed by atoms with Crippen molar-refractivity contribution < 1.29 is 4.39 Å². The predicted molar refractivity (Wildman–Crippen MR) is 76.1 cm³/mol. The van der Waals surface area contributed by atoms with Crippen molar-refractivity contribution in [3.05, 3.63) is 35.3 Å². The maximum Gasteiger partial charge on any atom is 0.152 e. The van der Waals surface area contributed by atoms with Crippen molar-refractivity contribution in [3.8, 4) is 0 Å². The van der Waals surface area contributed by atoms with Crippen molar-refractivity contribution in [3.63, 3.8) is 0 Å². The Labute approximate surface area is 112 Å². The number of halogens is 1. The van der Waals surface area contributed by atoms with E-state index in [1.54, 1.807) is 17.7 Å². The molecule has 0 aliphatic heterocycles. The van der Waals surface area contributed by atoms with Gasteiger partial charge in [0.15, 0.2) is 5.82 Å². The summed E-state index contributed by atoms with van der Waals surface area (Å²) >= 11 is 0. The number of nitrogens with one attached hydrogen (secondary N) is 1. The molecule has 1 aromatic carbocycles. The summed E-state index contributed by atoms with van der Waals surface area (Å²) in [5.41, 5.74) is 8.81. The molecule has 0 bridgehead atoms. The van der Waals surface area contributed by atoms with Crippen LogP contribution in [0.3, 0.4) is 0 Å². The van der Waals surface area contributed by atoms with Gasteiger partial charge in [-0.3, -0.25) is 4.68 Å². The quantitative estimate of drug-likeness (QED) is 0.892. The van der Waals surface area contributed by atoms with Crippen LogP contribution in [0, 0.1) is 12.7 Å². The SMILES string of the molecule is Cc1ccc(Nc2c(N)c(C(C)C)nn2C)cc1F. The third kappa shape index (κ3) is 2.54. The number of rotatable bonds is 3. The number of aromatic nitrogens is 2. The van der Waals surface area contributed by atoms with Crippen LogP contribution >= 0.6 is 0 Å². The molecule has 19 heavy (non-hydrogen) atoms. The van der Waals surface area contributed by atoms with Gasteiger partial charge in [-0.25, -0.2) is 4.39 Å². The molecule has 4 nitrogen and oxygen atoms in total. The summed E-state index contributed by atoms with van der Waals surface area (Å²) in [5, 5.41) is 7.50. The molecule has 3 N–H and O–H groups in total. The van der Waals surface area contributed by atoms with E-state index in [-0.39, 0.29) is 11.7 Å². The summed E-state index contributed by atoms with van der Waals surface area (Å²) in [4.78, 5) is 0. The fourth-order valence-corrected chi connectivity index (χ4v) is 1.94. The molecule has 0 radical (unpaired) electrons. The van der Waals surface area contributed by atoms with Gasteiger partial charge in [0.1, 0.15) is 5.82 Å². The van der Waals surface area contributed by atoms with Gasteiger partial charge in [-0.05, 0) is 30.5 Å². The minimum atomic E-state index is -0.241.